The second-order valence-corrected chi connectivity index (χ2v) is 10.6. The molecule has 1 aromatic heterocycles. The Bertz CT molecular complexity index is 1420. The molecule has 1 saturated heterocycles. The van der Waals surface area contributed by atoms with E-state index in [4.69, 9.17) is 9.47 Å². The smallest absolute Gasteiger partial charge is 0.409 e. The Morgan fingerprint density at radius 1 is 1.33 bits per heavy atom. The standard InChI is InChI=1S/C30H38N8O5/c1-6-13-32-27(39)22-17-33-28(36-26(22)35-25(31-4)9-7-8-12-30(2,3)41)34-20-10-11-23-24(16-20)43-19-21-18-37(29(40)42-5)14-15-38(21)23/h6-11,16-17,21,41H,1,4,12-15,18-19H2,2-3,5H3,(H,32,39)(H2,33,34,35,36)/b8-7-,25-9+. The van der Waals surface area contributed by atoms with Crippen molar-refractivity contribution in [3.63, 3.8) is 0 Å². The average Bonchev–Trinajstić information content (AvgIpc) is 3.00. The Hall–Kier alpha value is -4.91. The zero-order valence-corrected chi connectivity index (χ0v) is 24.7. The minimum atomic E-state index is -0.841. The topological polar surface area (TPSA) is 154 Å². The van der Waals surface area contributed by atoms with Gasteiger partial charge in [0.25, 0.3) is 5.91 Å². The summed E-state index contributed by atoms with van der Waals surface area (Å²) in [5.74, 6) is 1.11. The first-order valence-electron chi connectivity index (χ1n) is 13.8. The van der Waals surface area contributed by atoms with E-state index in [0.29, 0.717) is 49.9 Å². The van der Waals surface area contributed by atoms with E-state index in [-0.39, 0.29) is 41.9 Å². The van der Waals surface area contributed by atoms with Crippen LogP contribution in [0, 0.1) is 0 Å². The van der Waals surface area contributed by atoms with Crippen LogP contribution >= 0.6 is 0 Å². The fourth-order valence-corrected chi connectivity index (χ4v) is 4.60. The molecular weight excluding hydrogens is 552 g/mol. The van der Waals surface area contributed by atoms with Crippen molar-refractivity contribution in [2.75, 3.05) is 55.4 Å². The van der Waals surface area contributed by atoms with Crippen molar-refractivity contribution in [2.24, 2.45) is 4.99 Å². The fraction of sp³-hybridized carbons (Fsp3) is 0.367. The number of aliphatic imine (C=N–C) groups is 1. The van der Waals surface area contributed by atoms with Crippen molar-refractivity contribution in [1.82, 2.24) is 20.2 Å². The third-order valence-electron chi connectivity index (χ3n) is 6.74. The van der Waals surface area contributed by atoms with Gasteiger partial charge in [-0.2, -0.15) is 4.98 Å². The number of anilines is 4. The number of methoxy groups -OCH3 is 1. The Balaban J connectivity index is 1.54. The van der Waals surface area contributed by atoms with Gasteiger partial charge >= 0.3 is 6.09 Å². The SMILES string of the molecule is C=CCNC(=O)c1cnc(Nc2ccc3c(c2)OCC2CN(C(=O)OC)CCN32)nc1N/C(=C/C=C\CC(C)(C)O)N=C. The molecule has 43 heavy (non-hydrogen) atoms. The van der Waals surface area contributed by atoms with Crippen LogP contribution in [0.2, 0.25) is 0 Å². The molecule has 2 aliphatic rings. The summed E-state index contributed by atoms with van der Waals surface area (Å²) in [5, 5.41) is 18.9. The number of nitrogens with one attached hydrogen (secondary N) is 3. The van der Waals surface area contributed by atoms with Crippen LogP contribution < -0.4 is 25.6 Å². The molecule has 4 rings (SSSR count). The summed E-state index contributed by atoms with van der Waals surface area (Å²) in [4.78, 5) is 41.6. The molecule has 2 aliphatic heterocycles. The van der Waals surface area contributed by atoms with E-state index in [1.807, 2.05) is 18.2 Å². The number of fused-ring (bicyclic) bond motifs is 3. The predicted octanol–water partition coefficient (Wildman–Crippen LogP) is 3.46. The molecule has 228 valence electrons. The van der Waals surface area contributed by atoms with Crippen molar-refractivity contribution >= 4 is 41.9 Å². The zero-order chi connectivity index (χ0) is 31.0. The summed E-state index contributed by atoms with van der Waals surface area (Å²) >= 11 is 0. The summed E-state index contributed by atoms with van der Waals surface area (Å²) in [5.41, 5.74) is 0.987. The van der Waals surface area contributed by atoms with Crippen LogP contribution in [0.5, 0.6) is 5.75 Å². The zero-order valence-electron chi connectivity index (χ0n) is 24.7. The molecule has 2 amide bonds. The maximum Gasteiger partial charge on any atom is 0.409 e. The number of benzene rings is 1. The third-order valence-corrected chi connectivity index (χ3v) is 6.74. The van der Waals surface area contributed by atoms with E-state index >= 15 is 0 Å². The van der Waals surface area contributed by atoms with Crippen LogP contribution in [0.25, 0.3) is 0 Å². The average molecular weight is 591 g/mol. The molecule has 0 spiro atoms. The molecule has 2 aromatic rings. The van der Waals surface area contributed by atoms with Crippen molar-refractivity contribution < 1.29 is 24.2 Å². The Morgan fingerprint density at radius 2 is 2.14 bits per heavy atom. The molecule has 1 fully saturated rings. The van der Waals surface area contributed by atoms with Gasteiger partial charge in [0.15, 0.2) is 0 Å². The van der Waals surface area contributed by atoms with E-state index in [0.717, 1.165) is 5.69 Å². The summed E-state index contributed by atoms with van der Waals surface area (Å²) in [6.45, 7) is 13.1. The van der Waals surface area contributed by atoms with Gasteiger partial charge < -0.3 is 40.3 Å². The maximum absolute atomic E-state index is 12.8. The quantitative estimate of drug-likeness (QED) is 0.174. The van der Waals surface area contributed by atoms with Crippen molar-refractivity contribution in [3.8, 4) is 5.75 Å². The summed E-state index contributed by atoms with van der Waals surface area (Å²) in [6.07, 6.45) is 8.30. The first-order valence-corrected chi connectivity index (χ1v) is 13.8. The van der Waals surface area contributed by atoms with Gasteiger partial charge in [-0.1, -0.05) is 18.2 Å². The molecule has 0 saturated carbocycles. The molecule has 0 radical (unpaired) electrons. The highest BCUT2D eigenvalue weighted by molar-refractivity contribution is 5.99. The molecule has 1 unspecified atom stereocenters. The lowest BCUT2D eigenvalue weighted by molar-refractivity contribution is 0.0838. The van der Waals surface area contributed by atoms with Gasteiger partial charge in [-0.3, -0.25) is 4.79 Å². The number of aromatic nitrogens is 2. The largest absolute Gasteiger partial charge is 0.489 e. The highest BCUT2D eigenvalue weighted by atomic mass is 16.5. The minimum Gasteiger partial charge on any atom is -0.489 e. The van der Waals surface area contributed by atoms with Gasteiger partial charge in [0.05, 0.1) is 24.4 Å². The van der Waals surface area contributed by atoms with E-state index in [1.165, 1.54) is 13.3 Å². The second-order valence-electron chi connectivity index (χ2n) is 10.6. The minimum absolute atomic E-state index is 0.0293. The summed E-state index contributed by atoms with van der Waals surface area (Å²) in [6, 6.07) is 5.74. The van der Waals surface area contributed by atoms with Crippen molar-refractivity contribution in [1.29, 1.82) is 0 Å². The van der Waals surface area contributed by atoms with E-state index in [1.54, 1.807) is 43.1 Å². The Morgan fingerprint density at radius 3 is 2.86 bits per heavy atom. The van der Waals surface area contributed by atoms with Crippen LogP contribution in [0.4, 0.5) is 27.9 Å². The number of piperazine rings is 1. The van der Waals surface area contributed by atoms with Crippen LogP contribution in [0.1, 0.15) is 30.6 Å². The van der Waals surface area contributed by atoms with E-state index in [2.05, 4.69) is 49.1 Å². The molecule has 1 atom stereocenters. The normalized spacial score (nSPS) is 16.5. The number of nitrogens with zero attached hydrogens (tertiary/aromatic N) is 5. The lowest BCUT2D eigenvalue weighted by Crippen LogP contribution is -2.58. The molecule has 1 aromatic carbocycles. The molecule has 4 N–H and O–H groups in total. The van der Waals surface area contributed by atoms with Gasteiger partial charge in [-0.15, -0.1) is 6.58 Å². The van der Waals surface area contributed by atoms with Crippen LogP contribution in [-0.2, 0) is 4.74 Å². The highest BCUT2D eigenvalue weighted by Crippen LogP contribution is 2.38. The highest BCUT2D eigenvalue weighted by Gasteiger charge is 2.35. The fourth-order valence-electron chi connectivity index (χ4n) is 4.60. The van der Waals surface area contributed by atoms with Gasteiger partial charge in [0.1, 0.15) is 29.6 Å². The van der Waals surface area contributed by atoms with Gasteiger partial charge in [0, 0.05) is 44.1 Å². The van der Waals surface area contributed by atoms with Gasteiger partial charge in [-0.05, 0) is 45.2 Å². The van der Waals surface area contributed by atoms with Gasteiger partial charge in [0.2, 0.25) is 5.95 Å². The summed E-state index contributed by atoms with van der Waals surface area (Å²) in [7, 11) is 1.38. The molecule has 13 nitrogen and oxygen atoms in total. The van der Waals surface area contributed by atoms with Crippen molar-refractivity contribution in [2.45, 2.75) is 31.9 Å². The van der Waals surface area contributed by atoms with Crippen LogP contribution in [-0.4, -0.2) is 90.2 Å². The third kappa shape index (κ3) is 8.10. The van der Waals surface area contributed by atoms with E-state index in [9.17, 15) is 14.7 Å². The lowest BCUT2D eigenvalue weighted by atomic mass is 10.1. The summed E-state index contributed by atoms with van der Waals surface area (Å²) < 4.78 is 10.9. The lowest BCUT2D eigenvalue weighted by Gasteiger charge is -2.45. The molecule has 0 aliphatic carbocycles. The van der Waals surface area contributed by atoms with Gasteiger partial charge in [-0.25, -0.2) is 14.8 Å². The second kappa shape index (κ2) is 13.8. The monoisotopic (exact) mass is 590 g/mol. The number of allylic oxidation sites excluding steroid dienone is 2. The van der Waals surface area contributed by atoms with Crippen molar-refractivity contribution in [3.05, 3.63) is 66.7 Å². The number of carbonyl (C=O) groups excluding carboxylic acids is 2. The number of amides is 2. The predicted molar refractivity (Wildman–Crippen MR) is 166 cm³/mol. The number of rotatable bonds is 11. The van der Waals surface area contributed by atoms with Crippen LogP contribution in [0.3, 0.4) is 0 Å². The maximum atomic E-state index is 12.8. The molecule has 3 heterocycles. The first kappa shape index (κ1) is 31.0. The number of hydrogen-bond donors (Lipinski definition) is 4. The number of hydrogen-bond acceptors (Lipinski definition) is 11. The molecule has 13 heteroatoms. The number of carbonyl (C=O) groups is 2. The van der Waals surface area contributed by atoms with E-state index < -0.39 is 5.60 Å². The number of aliphatic hydroxyl groups is 1. The Labute approximate surface area is 251 Å². The van der Waals surface area contributed by atoms with Crippen LogP contribution in [0.15, 0.2) is 66.1 Å². The number of ether oxygens (including phenoxy) is 2. The first-order chi connectivity index (χ1) is 20.6. The molecule has 0 bridgehead atoms. The Kier molecular flexibility index (Phi) is 9.99. The molecular formula is C30H38N8O5.